The lowest BCUT2D eigenvalue weighted by Gasteiger charge is -2.11. The molecule has 18 heavy (non-hydrogen) atoms. The molecule has 1 heterocycles. The van der Waals surface area contributed by atoms with Crippen molar-refractivity contribution >= 4 is 33.4 Å². The van der Waals surface area contributed by atoms with Crippen LogP contribution in [0, 0.1) is 5.82 Å². The number of halogens is 1. The van der Waals surface area contributed by atoms with Gasteiger partial charge >= 0.3 is 5.97 Å². The quantitative estimate of drug-likeness (QED) is 0.917. The Labute approximate surface area is 105 Å². The number of carbonyl (C=O) groups is 2. The van der Waals surface area contributed by atoms with Crippen molar-refractivity contribution in [3.05, 3.63) is 29.0 Å². The summed E-state index contributed by atoms with van der Waals surface area (Å²) in [5.41, 5.74) is 0.522. The van der Waals surface area contributed by atoms with E-state index in [2.05, 4.69) is 4.98 Å². The van der Waals surface area contributed by atoms with E-state index in [1.807, 2.05) is 0 Å². The standard InChI is InChI=1S/C11H9FN2O3S/c1-14(5-9(15)16)11(17)10-13-7-3-2-6(12)4-8(7)18-10/h2-4H,5H2,1H3,(H,15,16). The van der Waals surface area contributed by atoms with Crippen LogP contribution in [0.4, 0.5) is 4.39 Å². The second-order valence-corrected chi connectivity index (χ2v) is 4.72. The molecule has 0 radical (unpaired) electrons. The minimum Gasteiger partial charge on any atom is -0.480 e. The lowest BCUT2D eigenvalue weighted by molar-refractivity contribution is -0.137. The van der Waals surface area contributed by atoms with Crippen LogP contribution in [-0.2, 0) is 4.79 Å². The van der Waals surface area contributed by atoms with E-state index in [9.17, 15) is 14.0 Å². The fourth-order valence-electron chi connectivity index (χ4n) is 1.43. The monoisotopic (exact) mass is 268 g/mol. The molecular weight excluding hydrogens is 259 g/mol. The lowest BCUT2D eigenvalue weighted by Crippen LogP contribution is -2.31. The lowest BCUT2D eigenvalue weighted by atomic mass is 10.3. The van der Waals surface area contributed by atoms with Gasteiger partial charge in [0.25, 0.3) is 5.91 Å². The number of carboxylic acid groups (broad SMARTS) is 1. The van der Waals surface area contributed by atoms with Gasteiger partial charge in [-0.1, -0.05) is 0 Å². The Morgan fingerprint density at radius 1 is 1.50 bits per heavy atom. The van der Waals surface area contributed by atoms with E-state index in [0.29, 0.717) is 10.2 Å². The molecule has 0 aliphatic carbocycles. The fourth-order valence-corrected chi connectivity index (χ4v) is 2.41. The Bertz CT molecular complexity index is 626. The van der Waals surface area contributed by atoms with Crippen LogP contribution in [0.25, 0.3) is 10.2 Å². The molecule has 0 saturated carbocycles. The molecule has 1 N–H and O–H groups in total. The summed E-state index contributed by atoms with van der Waals surface area (Å²) in [6.45, 7) is -0.400. The third kappa shape index (κ3) is 2.45. The van der Waals surface area contributed by atoms with Gasteiger partial charge in [0.15, 0.2) is 5.01 Å². The molecule has 0 bridgehead atoms. The number of nitrogens with zero attached hydrogens (tertiary/aromatic N) is 2. The Kier molecular flexibility index (Phi) is 3.24. The molecule has 0 aliphatic heterocycles. The van der Waals surface area contributed by atoms with Crippen LogP contribution in [0.15, 0.2) is 18.2 Å². The fraction of sp³-hybridized carbons (Fsp3) is 0.182. The van der Waals surface area contributed by atoms with E-state index >= 15 is 0 Å². The molecule has 1 aromatic heterocycles. The average molecular weight is 268 g/mol. The number of hydrogen-bond donors (Lipinski definition) is 1. The van der Waals surface area contributed by atoms with Crippen molar-refractivity contribution in [1.82, 2.24) is 9.88 Å². The number of likely N-dealkylation sites (N-methyl/N-ethyl adjacent to an activating group) is 1. The molecule has 0 fully saturated rings. The molecule has 94 valence electrons. The maximum Gasteiger partial charge on any atom is 0.323 e. The number of amides is 1. The van der Waals surface area contributed by atoms with Crippen LogP contribution in [0.3, 0.4) is 0 Å². The maximum absolute atomic E-state index is 13.0. The van der Waals surface area contributed by atoms with E-state index in [1.54, 1.807) is 0 Å². The van der Waals surface area contributed by atoms with E-state index < -0.39 is 24.2 Å². The average Bonchev–Trinajstić information content (AvgIpc) is 2.69. The van der Waals surface area contributed by atoms with Gasteiger partial charge in [-0.2, -0.15) is 0 Å². The number of aliphatic carboxylic acids is 1. The van der Waals surface area contributed by atoms with E-state index in [4.69, 9.17) is 5.11 Å². The van der Waals surface area contributed by atoms with Crippen molar-refractivity contribution in [3.8, 4) is 0 Å². The number of rotatable bonds is 3. The zero-order valence-electron chi connectivity index (χ0n) is 9.38. The second-order valence-electron chi connectivity index (χ2n) is 3.69. The minimum atomic E-state index is -1.10. The first-order chi connectivity index (χ1) is 8.47. The summed E-state index contributed by atoms with van der Waals surface area (Å²) in [5.74, 6) is -1.99. The van der Waals surface area contributed by atoms with Crippen LogP contribution >= 0.6 is 11.3 Å². The molecule has 5 nitrogen and oxygen atoms in total. The number of carbonyl (C=O) groups excluding carboxylic acids is 1. The SMILES string of the molecule is CN(CC(=O)O)C(=O)c1nc2ccc(F)cc2s1. The van der Waals surface area contributed by atoms with Gasteiger partial charge < -0.3 is 10.0 Å². The van der Waals surface area contributed by atoms with Crippen molar-refractivity contribution < 1.29 is 19.1 Å². The number of thiazole rings is 1. The molecule has 1 amide bonds. The third-order valence-electron chi connectivity index (χ3n) is 2.25. The topological polar surface area (TPSA) is 70.5 Å². The molecule has 2 rings (SSSR count). The van der Waals surface area contributed by atoms with Crippen LogP contribution in [-0.4, -0.2) is 40.5 Å². The summed E-state index contributed by atoms with van der Waals surface area (Å²) in [6, 6.07) is 4.04. The number of benzene rings is 1. The Morgan fingerprint density at radius 2 is 2.22 bits per heavy atom. The predicted octanol–water partition coefficient (Wildman–Crippen LogP) is 1.59. The smallest absolute Gasteiger partial charge is 0.323 e. The Balaban J connectivity index is 2.30. The van der Waals surface area contributed by atoms with Gasteiger partial charge in [0, 0.05) is 7.05 Å². The van der Waals surface area contributed by atoms with Crippen LogP contribution in [0.1, 0.15) is 9.80 Å². The van der Waals surface area contributed by atoms with Gasteiger partial charge in [0.1, 0.15) is 12.4 Å². The molecule has 0 unspecified atom stereocenters. The molecular formula is C11H9FN2O3S. The number of hydrogen-bond acceptors (Lipinski definition) is 4. The van der Waals surface area contributed by atoms with Crippen LogP contribution in [0.5, 0.6) is 0 Å². The highest BCUT2D eigenvalue weighted by molar-refractivity contribution is 7.20. The maximum atomic E-state index is 13.0. The summed E-state index contributed by atoms with van der Waals surface area (Å²) in [5, 5.41) is 8.75. The van der Waals surface area contributed by atoms with Crippen molar-refractivity contribution in [2.45, 2.75) is 0 Å². The largest absolute Gasteiger partial charge is 0.480 e. The predicted molar refractivity (Wildman–Crippen MR) is 64.2 cm³/mol. The Hall–Kier alpha value is -2.02. The number of aromatic nitrogens is 1. The molecule has 7 heteroatoms. The first-order valence-corrected chi connectivity index (χ1v) is 5.82. The molecule has 0 atom stereocenters. The zero-order valence-corrected chi connectivity index (χ0v) is 10.2. The Morgan fingerprint density at radius 3 is 2.89 bits per heavy atom. The normalized spacial score (nSPS) is 10.6. The zero-order chi connectivity index (χ0) is 13.3. The summed E-state index contributed by atoms with van der Waals surface area (Å²) < 4.78 is 13.5. The van der Waals surface area contributed by atoms with Crippen molar-refractivity contribution in [3.63, 3.8) is 0 Å². The van der Waals surface area contributed by atoms with E-state index in [1.165, 1.54) is 25.2 Å². The number of fused-ring (bicyclic) bond motifs is 1. The van der Waals surface area contributed by atoms with Crippen LogP contribution < -0.4 is 0 Å². The second kappa shape index (κ2) is 4.69. The molecule has 1 aromatic carbocycles. The van der Waals surface area contributed by atoms with Gasteiger partial charge in [-0.25, -0.2) is 9.37 Å². The van der Waals surface area contributed by atoms with Gasteiger partial charge in [0.2, 0.25) is 0 Å². The van der Waals surface area contributed by atoms with E-state index in [0.717, 1.165) is 16.2 Å². The highest BCUT2D eigenvalue weighted by atomic mass is 32.1. The van der Waals surface area contributed by atoms with Gasteiger partial charge in [-0.05, 0) is 18.2 Å². The highest BCUT2D eigenvalue weighted by Crippen LogP contribution is 2.23. The summed E-state index contributed by atoms with van der Waals surface area (Å²) >= 11 is 1.04. The summed E-state index contributed by atoms with van der Waals surface area (Å²) in [4.78, 5) is 27.5. The van der Waals surface area contributed by atoms with Crippen molar-refractivity contribution in [2.24, 2.45) is 0 Å². The minimum absolute atomic E-state index is 0.152. The van der Waals surface area contributed by atoms with Crippen molar-refractivity contribution in [2.75, 3.05) is 13.6 Å². The molecule has 2 aromatic rings. The van der Waals surface area contributed by atoms with Crippen LogP contribution in [0.2, 0.25) is 0 Å². The van der Waals surface area contributed by atoms with Gasteiger partial charge in [-0.15, -0.1) is 11.3 Å². The van der Waals surface area contributed by atoms with Crippen molar-refractivity contribution in [1.29, 1.82) is 0 Å². The highest BCUT2D eigenvalue weighted by Gasteiger charge is 2.18. The van der Waals surface area contributed by atoms with E-state index in [-0.39, 0.29) is 5.01 Å². The first kappa shape index (κ1) is 12.4. The van der Waals surface area contributed by atoms with Gasteiger partial charge in [0.05, 0.1) is 10.2 Å². The van der Waals surface area contributed by atoms with Gasteiger partial charge in [-0.3, -0.25) is 9.59 Å². The summed E-state index contributed by atoms with van der Waals surface area (Å²) in [6.07, 6.45) is 0. The molecule has 0 saturated heterocycles. The third-order valence-corrected chi connectivity index (χ3v) is 3.26. The molecule has 0 spiro atoms. The number of carboxylic acids is 1. The summed E-state index contributed by atoms with van der Waals surface area (Å²) in [7, 11) is 1.38. The molecule has 0 aliphatic rings. The first-order valence-electron chi connectivity index (χ1n) is 5.00.